The van der Waals surface area contributed by atoms with Crippen LogP contribution in [0.3, 0.4) is 0 Å². The summed E-state index contributed by atoms with van der Waals surface area (Å²) in [5, 5.41) is 7.56. The van der Waals surface area contributed by atoms with Crippen molar-refractivity contribution in [3.05, 3.63) is 18.0 Å². The predicted molar refractivity (Wildman–Crippen MR) is 59.4 cm³/mol. The molecule has 0 unspecified atom stereocenters. The lowest BCUT2D eigenvalue weighted by molar-refractivity contribution is 0.461. The molecular weight excluding hydrogens is 174 g/mol. The number of nitrogens with zero attached hydrogens (tertiary/aromatic N) is 2. The number of hydrogen-bond acceptors (Lipinski definition) is 2. The first-order chi connectivity index (χ1) is 6.56. The van der Waals surface area contributed by atoms with Crippen molar-refractivity contribution in [1.29, 1.82) is 0 Å². The Morgan fingerprint density at radius 2 is 2.21 bits per heavy atom. The van der Waals surface area contributed by atoms with E-state index in [0.29, 0.717) is 0 Å². The lowest BCUT2D eigenvalue weighted by Crippen LogP contribution is -2.25. The van der Waals surface area contributed by atoms with E-state index in [9.17, 15) is 0 Å². The Hall–Kier alpha value is -0.830. The molecule has 1 N–H and O–H groups in total. The Kier molecular flexibility index (Phi) is 3.69. The van der Waals surface area contributed by atoms with Crippen LogP contribution in [0.25, 0.3) is 0 Å². The molecule has 0 aromatic carbocycles. The molecule has 0 atom stereocenters. The summed E-state index contributed by atoms with van der Waals surface area (Å²) in [6, 6.07) is 0. The zero-order valence-corrected chi connectivity index (χ0v) is 9.67. The first kappa shape index (κ1) is 11.2. The van der Waals surface area contributed by atoms with Gasteiger partial charge < -0.3 is 5.32 Å². The molecule has 0 radical (unpaired) electrons. The molecule has 14 heavy (non-hydrogen) atoms. The van der Waals surface area contributed by atoms with Crippen LogP contribution >= 0.6 is 0 Å². The van der Waals surface area contributed by atoms with Crippen molar-refractivity contribution in [3.8, 4) is 0 Å². The zero-order chi connectivity index (χ0) is 10.6. The molecule has 80 valence electrons. The fraction of sp³-hybridized carbons (Fsp3) is 0.727. The third kappa shape index (κ3) is 2.84. The van der Waals surface area contributed by atoms with E-state index in [-0.39, 0.29) is 5.41 Å². The minimum absolute atomic E-state index is 0.219. The van der Waals surface area contributed by atoms with Crippen molar-refractivity contribution in [2.45, 2.75) is 32.6 Å². The average molecular weight is 195 g/mol. The molecule has 1 heterocycles. The highest BCUT2D eigenvalue weighted by Crippen LogP contribution is 2.25. The van der Waals surface area contributed by atoms with Gasteiger partial charge in [0.1, 0.15) is 0 Å². The monoisotopic (exact) mass is 195 g/mol. The van der Waals surface area contributed by atoms with Crippen LogP contribution in [-0.4, -0.2) is 22.9 Å². The second-order valence-electron chi connectivity index (χ2n) is 4.39. The Morgan fingerprint density at radius 1 is 1.50 bits per heavy atom. The summed E-state index contributed by atoms with van der Waals surface area (Å²) in [7, 11) is 1.96. The average Bonchev–Trinajstić information content (AvgIpc) is 2.53. The van der Waals surface area contributed by atoms with Crippen LogP contribution < -0.4 is 5.32 Å². The molecule has 0 amide bonds. The molecule has 3 heteroatoms. The number of rotatable bonds is 5. The van der Waals surface area contributed by atoms with Gasteiger partial charge in [-0.15, -0.1) is 0 Å². The molecule has 0 spiro atoms. The van der Waals surface area contributed by atoms with E-state index in [1.165, 1.54) is 5.56 Å². The summed E-state index contributed by atoms with van der Waals surface area (Å²) >= 11 is 0. The molecule has 1 aromatic heterocycles. The molecule has 0 aliphatic rings. The van der Waals surface area contributed by atoms with Gasteiger partial charge in [0.25, 0.3) is 0 Å². The molecule has 0 aliphatic carbocycles. The maximum Gasteiger partial charge on any atom is 0.0527 e. The predicted octanol–water partition coefficient (Wildman–Crippen LogP) is 1.70. The van der Waals surface area contributed by atoms with Crippen molar-refractivity contribution < 1.29 is 0 Å². The number of aryl methyl sites for hydroxylation is 1. The molecule has 1 rings (SSSR count). The van der Waals surface area contributed by atoms with E-state index in [1.54, 1.807) is 0 Å². The maximum absolute atomic E-state index is 4.21. The van der Waals surface area contributed by atoms with Crippen molar-refractivity contribution in [1.82, 2.24) is 15.1 Å². The third-order valence-corrected chi connectivity index (χ3v) is 2.66. The van der Waals surface area contributed by atoms with E-state index in [4.69, 9.17) is 0 Å². The minimum atomic E-state index is 0.219. The van der Waals surface area contributed by atoms with Crippen molar-refractivity contribution in [2.75, 3.05) is 13.1 Å². The van der Waals surface area contributed by atoms with Crippen molar-refractivity contribution in [3.63, 3.8) is 0 Å². The highest BCUT2D eigenvalue weighted by atomic mass is 15.2. The van der Waals surface area contributed by atoms with Crippen LogP contribution in [0.4, 0.5) is 0 Å². The normalized spacial score (nSPS) is 12.0. The molecule has 0 fully saturated rings. The molecular formula is C11H21N3. The second kappa shape index (κ2) is 4.60. The van der Waals surface area contributed by atoms with E-state index in [0.717, 1.165) is 19.5 Å². The van der Waals surface area contributed by atoms with Gasteiger partial charge in [-0.1, -0.05) is 20.8 Å². The number of aromatic nitrogens is 2. The Balaban J connectivity index is 2.56. The van der Waals surface area contributed by atoms with Crippen LogP contribution in [-0.2, 0) is 12.5 Å². The van der Waals surface area contributed by atoms with Crippen LogP contribution in [0.1, 0.15) is 32.8 Å². The van der Waals surface area contributed by atoms with E-state index in [2.05, 4.69) is 37.4 Å². The standard InChI is InChI=1S/C11H21N3/c1-5-12-7-6-11(2,3)10-8-13-14(4)9-10/h8-9,12H,5-7H2,1-4H3. The Labute approximate surface area is 86.5 Å². The SMILES string of the molecule is CCNCCC(C)(C)c1cnn(C)c1. The van der Waals surface area contributed by atoms with Gasteiger partial charge in [-0.2, -0.15) is 5.10 Å². The summed E-state index contributed by atoms with van der Waals surface area (Å²) in [5.41, 5.74) is 1.54. The van der Waals surface area contributed by atoms with Crippen molar-refractivity contribution in [2.24, 2.45) is 7.05 Å². The highest BCUT2D eigenvalue weighted by molar-refractivity contribution is 5.16. The molecule has 0 saturated carbocycles. The van der Waals surface area contributed by atoms with Gasteiger partial charge in [0.15, 0.2) is 0 Å². The fourth-order valence-electron chi connectivity index (χ4n) is 1.49. The number of hydrogen-bond donors (Lipinski definition) is 1. The first-order valence-corrected chi connectivity index (χ1v) is 5.26. The first-order valence-electron chi connectivity index (χ1n) is 5.26. The number of nitrogens with one attached hydrogen (secondary N) is 1. The van der Waals surface area contributed by atoms with Crippen LogP contribution in [0, 0.1) is 0 Å². The quantitative estimate of drug-likeness (QED) is 0.725. The molecule has 0 aliphatic heterocycles. The van der Waals surface area contributed by atoms with E-state index in [1.807, 2.05) is 17.9 Å². The third-order valence-electron chi connectivity index (χ3n) is 2.66. The van der Waals surface area contributed by atoms with Crippen molar-refractivity contribution >= 4 is 0 Å². The fourth-order valence-corrected chi connectivity index (χ4v) is 1.49. The minimum Gasteiger partial charge on any atom is -0.317 e. The van der Waals surface area contributed by atoms with Gasteiger partial charge in [-0.25, -0.2) is 0 Å². The van der Waals surface area contributed by atoms with E-state index < -0.39 is 0 Å². The van der Waals surface area contributed by atoms with Gasteiger partial charge in [0, 0.05) is 13.2 Å². The van der Waals surface area contributed by atoms with E-state index >= 15 is 0 Å². The van der Waals surface area contributed by atoms with Crippen LogP contribution in [0.15, 0.2) is 12.4 Å². The largest absolute Gasteiger partial charge is 0.317 e. The summed E-state index contributed by atoms with van der Waals surface area (Å²) < 4.78 is 1.87. The summed E-state index contributed by atoms with van der Waals surface area (Å²) in [5.74, 6) is 0. The van der Waals surface area contributed by atoms with Gasteiger partial charge in [0.05, 0.1) is 6.20 Å². The van der Waals surface area contributed by atoms with Gasteiger partial charge in [0.2, 0.25) is 0 Å². The maximum atomic E-state index is 4.21. The second-order valence-corrected chi connectivity index (χ2v) is 4.39. The molecule has 1 aromatic rings. The Bertz CT molecular complexity index is 276. The smallest absolute Gasteiger partial charge is 0.0527 e. The topological polar surface area (TPSA) is 29.9 Å². The molecule has 0 bridgehead atoms. The summed E-state index contributed by atoms with van der Waals surface area (Å²) in [6.07, 6.45) is 5.21. The molecule has 3 nitrogen and oxygen atoms in total. The van der Waals surface area contributed by atoms with Gasteiger partial charge in [-0.05, 0) is 30.5 Å². The van der Waals surface area contributed by atoms with Crippen LogP contribution in [0.2, 0.25) is 0 Å². The van der Waals surface area contributed by atoms with Gasteiger partial charge >= 0.3 is 0 Å². The van der Waals surface area contributed by atoms with Crippen LogP contribution in [0.5, 0.6) is 0 Å². The van der Waals surface area contributed by atoms with Gasteiger partial charge in [-0.3, -0.25) is 4.68 Å². The highest BCUT2D eigenvalue weighted by Gasteiger charge is 2.21. The zero-order valence-electron chi connectivity index (χ0n) is 9.67. The lowest BCUT2D eigenvalue weighted by Gasteiger charge is -2.23. The lowest BCUT2D eigenvalue weighted by atomic mass is 9.83. The summed E-state index contributed by atoms with van der Waals surface area (Å²) in [4.78, 5) is 0. The Morgan fingerprint density at radius 3 is 2.71 bits per heavy atom. The summed E-state index contributed by atoms with van der Waals surface area (Å²) in [6.45, 7) is 8.78. The molecule has 0 saturated heterocycles.